The Hall–Kier alpha value is -1.35. The number of nitrogens with two attached hydrogens (primary N) is 1. The maximum absolute atomic E-state index is 10.9. The SMILES string of the molecule is Cc1ccc(C(=O)O)c(CCN)c1C. The lowest BCUT2D eigenvalue weighted by atomic mass is 9.95. The van der Waals surface area contributed by atoms with E-state index < -0.39 is 5.97 Å². The van der Waals surface area contributed by atoms with E-state index in [1.165, 1.54) is 0 Å². The van der Waals surface area contributed by atoms with Gasteiger partial charge in [0.05, 0.1) is 5.56 Å². The Morgan fingerprint density at radius 2 is 2.07 bits per heavy atom. The quantitative estimate of drug-likeness (QED) is 0.764. The fourth-order valence-corrected chi connectivity index (χ4v) is 1.54. The summed E-state index contributed by atoms with van der Waals surface area (Å²) in [6, 6.07) is 3.48. The Bertz CT molecular complexity index is 359. The van der Waals surface area contributed by atoms with Crippen LogP contribution < -0.4 is 5.73 Å². The first-order valence-electron chi connectivity index (χ1n) is 4.60. The second-order valence-electron chi connectivity index (χ2n) is 3.38. The molecule has 0 saturated carbocycles. The van der Waals surface area contributed by atoms with Crippen LogP contribution >= 0.6 is 0 Å². The third kappa shape index (κ3) is 1.93. The van der Waals surface area contributed by atoms with Crippen molar-refractivity contribution < 1.29 is 9.90 Å². The average molecular weight is 193 g/mol. The molecule has 1 aromatic rings. The summed E-state index contributed by atoms with van der Waals surface area (Å²) >= 11 is 0. The molecule has 0 atom stereocenters. The van der Waals surface area contributed by atoms with E-state index in [2.05, 4.69) is 0 Å². The molecule has 3 heteroatoms. The molecule has 76 valence electrons. The van der Waals surface area contributed by atoms with Crippen LogP contribution in [0.15, 0.2) is 12.1 Å². The van der Waals surface area contributed by atoms with Gasteiger partial charge in [-0.3, -0.25) is 0 Å². The molecule has 0 fully saturated rings. The van der Waals surface area contributed by atoms with E-state index in [0.717, 1.165) is 16.7 Å². The normalized spacial score (nSPS) is 10.2. The molecule has 0 aliphatic heterocycles. The minimum Gasteiger partial charge on any atom is -0.478 e. The molecule has 1 rings (SSSR count). The first-order chi connectivity index (χ1) is 6.57. The molecular weight excluding hydrogens is 178 g/mol. The average Bonchev–Trinajstić information content (AvgIpc) is 2.13. The fraction of sp³-hybridized carbons (Fsp3) is 0.364. The lowest BCUT2D eigenvalue weighted by molar-refractivity contribution is 0.0695. The zero-order valence-corrected chi connectivity index (χ0v) is 8.50. The Kier molecular flexibility index (Phi) is 3.25. The minimum absolute atomic E-state index is 0.374. The molecule has 0 radical (unpaired) electrons. The van der Waals surface area contributed by atoms with Gasteiger partial charge in [-0.2, -0.15) is 0 Å². The summed E-state index contributed by atoms with van der Waals surface area (Å²) in [5, 5.41) is 8.97. The molecule has 3 nitrogen and oxygen atoms in total. The molecule has 0 amide bonds. The summed E-state index contributed by atoms with van der Waals surface area (Å²) in [4.78, 5) is 10.9. The van der Waals surface area contributed by atoms with Crippen LogP contribution in [0.5, 0.6) is 0 Å². The van der Waals surface area contributed by atoms with E-state index in [0.29, 0.717) is 18.5 Å². The van der Waals surface area contributed by atoms with Gasteiger partial charge < -0.3 is 10.8 Å². The third-order valence-corrected chi connectivity index (χ3v) is 2.49. The topological polar surface area (TPSA) is 63.3 Å². The van der Waals surface area contributed by atoms with Crippen LogP contribution in [0.4, 0.5) is 0 Å². The largest absolute Gasteiger partial charge is 0.478 e. The van der Waals surface area contributed by atoms with Gasteiger partial charge in [-0.1, -0.05) is 6.07 Å². The molecule has 0 aliphatic rings. The first kappa shape index (κ1) is 10.7. The van der Waals surface area contributed by atoms with Crippen molar-refractivity contribution in [2.24, 2.45) is 5.73 Å². The standard InChI is InChI=1S/C11H15NO2/c1-7-3-4-10(11(13)14)9(5-6-12)8(7)2/h3-4H,5-6,12H2,1-2H3,(H,13,14). The molecule has 0 bridgehead atoms. The highest BCUT2D eigenvalue weighted by molar-refractivity contribution is 5.90. The molecule has 1 aromatic carbocycles. The maximum atomic E-state index is 10.9. The Labute approximate surface area is 83.6 Å². The fourth-order valence-electron chi connectivity index (χ4n) is 1.54. The van der Waals surface area contributed by atoms with Crippen molar-refractivity contribution in [1.29, 1.82) is 0 Å². The van der Waals surface area contributed by atoms with Crippen molar-refractivity contribution in [1.82, 2.24) is 0 Å². The Balaban J connectivity index is 3.29. The summed E-state index contributed by atoms with van der Waals surface area (Å²) < 4.78 is 0. The van der Waals surface area contributed by atoms with Crippen LogP contribution in [0.3, 0.4) is 0 Å². The van der Waals surface area contributed by atoms with E-state index in [4.69, 9.17) is 10.8 Å². The number of aryl methyl sites for hydroxylation is 1. The first-order valence-corrected chi connectivity index (χ1v) is 4.60. The monoisotopic (exact) mass is 193 g/mol. The molecule has 0 saturated heterocycles. The van der Waals surface area contributed by atoms with Crippen molar-refractivity contribution in [3.8, 4) is 0 Å². The van der Waals surface area contributed by atoms with E-state index in [1.54, 1.807) is 6.07 Å². The number of carboxylic acids is 1. The van der Waals surface area contributed by atoms with Gasteiger partial charge in [-0.05, 0) is 49.6 Å². The van der Waals surface area contributed by atoms with Crippen molar-refractivity contribution in [2.45, 2.75) is 20.3 Å². The molecule has 0 aliphatic carbocycles. The second-order valence-corrected chi connectivity index (χ2v) is 3.38. The van der Waals surface area contributed by atoms with Gasteiger partial charge in [0.25, 0.3) is 0 Å². The summed E-state index contributed by atoms with van der Waals surface area (Å²) in [5.74, 6) is -0.878. The number of hydrogen-bond donors (Lipinski definition) is 2. The van der Waals surface area contributed by atoms with E-state index in [1.807, 2.05) is 19.9 Å². The van der Waals surface area contributed by atoms with Gasteiger partial charge in [-0.25, -0.2) is 4.79 Å². The number of hydrogen-bond acceptors (Lipinski definition) is 2. The molecule has 3 N–H and O–H groups in total. The molecule has 0 heterocycles. The predicted octanol–water partition coefficient (Wildman–Crippen LogP) is 1.50. The van der Waals surface area contributed by atoms with Crippen LogP contribution in [-0.4, -0.2) is 17.6 Å². The van der Waals surface area contributed by atoms with Gasteiger partial charge in [0.2, 0.25) is 0 Å². The highest BCUT2D eigenvalue weighted by Gasteiger charge is 2.12. The maximum Gasteiger partial charge on any atom is 0.335 e. The van der Waals surface area contributed by atoms with Crippen molar-refractivity contribution >= 4 is 5.97 Å². The van der Waals surface area contributed by atoms with Gasteiger partial charge in [0, 0.05) is 0 Å². The highest BCUT2D eigenvalue weighted by Crippen LogP contribution is 2.18. The van der Waals surface area contributed by atoms with Crippen molar-refractivity contribution in [3.63, 3.8) is 0 Å². The lowest BCUT2D eigenvalue weighted by Crippen LogP contribution is -2.11. The van der Waals surface area contributed by atoms with Crippen molar-refractivity contribution in [3.05, 3.63) is 34.4 Å². The summed E-state index contributed by atoms with van der Waals surface area (Å²) in [5.41, 5.74) is 8.84. The van der Waals surface area contributed by atoms with Gasteiger partial charge in [0.1, 0.15) is 0 Å². The Morgan fingerprint density at radius 1 is 1.43 bits per heavy atom. The van der Waals surface area contributed by atoms with Gasteiger partial charge in [0.15, 0.2) is 0 Å². The zero-order chi connectivity index (χ0) is 10.7. The zero-order valence-electron chi connectivity index (χ0n) is 8.50. The second kappa shape index (κ2) is 4.24. The molecule has 14 heavy (non-hydrogen) atoms. The smallest absolute Gasteiger partial charge is 0.335 e. The number of rotatable bonds is 3. The summed E-state index contributed by atoms with van der Waals surface area (Å²) in [6.07, 6.45) is 0.620. The molecule has 0 spiro atoms. The number of carbonyl (C=O) groups is 1. The van der Waals surface area contributed by atoms with Gasteiger partial charge in [-0.15, -0.1) is 0 Å². The van der Waals surface area contributed by atoms with Crippen LogP contribution in [0.1, 0.15) is 27.0 Å². The van der Waals surface area contributed by atoms with Crippen LogP contribution in [0.25, 0.3) is 0 Å². The van der Waals surface area contributed by atoms with E-state index >= 15 is 0 Å². The summed E-state index contributed by atoms with van der Waals surface area (Å²) in [6.45, 7) is 4.39. The molecular formula is C11H15NO2. The van der Waals surface area contributed by atoms with Crippen molar-refractivity contribution in [2.75, 3.05) is 6.54 Å². The lowest BCUT2D eigenvalue weighted by Gasteiger charge is -2.11. The minimum atomic E-state index is -0.878. The van der Waals surface area contributed by atoms with Crippen LogP contribution in [0, 0.1) is 13.8 Å². The van der Waals surface area contributed by atoms with Crippen LogP contribution in [0.2, 0.25) is 0 Å². The number of aromatic carboxylic acids is 1. The highest BCUT2D eigenvalue weighted by atomic mass is 16.4. The summed E-state index contributed by atoms with van der Waals surface area (Å²) in [7, 11) is 0. The predicted molar refractivity (Wildman–Crippen MR) is 55.6 cm³/mol. The molecule has 0 aromatic heterocycles. The van der Waals surface area contributed by atoms with Crippen LogP contribution in [-0.2, 0) is 6.42 Å². The van der Waals surface area contributed by atoms with Gasteiger partial charge >= 0.3 is 5.97 Å². The number of benzene rings is 1. The van der Waals surface area contributed by atoms with E-state index in [9.17, 15) is 4.79 Å². The van der Waals surface area contributed by atoms with E-state index in [-0.39, 0.29) is 0 Å². The molecule has 0 unspecified atom stereocenters. The number of carboxylic acid groups (broad SMARTS) is 1. The third-order valence-electron chi connectivity index (χ3n) is 2.49. The Morgan fingerprint density at radius 3 is 2.57 bits per heavy atom.